The second-order valence-electron chi connectivity index (χ2n) is 4.69. The van der Waals surface area contributed by atoms with E-state index in [4.69, 9.17) is 0 Å². The van der Waals surface area contributed by atoms with E-state index in [0.29, 0.717) is 0 Å². The lowest BCUT2D eigenvalue weighted by atomic mass is 10.1. The van der Waals surface area contributed by atoms with Gasteiger partial charge in [-0.05, 0) is 24.6 Å². The Hall–Kier alpha value is -1.33. The average Bonchev–Trinajstić information content (AvgIpc) is 2.74. The fourth-order valence-electron chi connectivity index (χ4n) is 1.94. The normalized spacial score (nSPS) is 12.5. The fourth-order valence-corrected chi connectivity index (χ4v) is 2.64. The van der Waals surface area contributed by atoms with Crippen LogP contribution < -0.4 is 4.90 Å². The summed E-state index contributed by atoms with van der Waals surface area (Å²) in [4.78, 5) is 6.44. The molecule has 0 saturated carbocycles. The summed E-state index contributed by atoms with van der Waals surface area (Å²) in [5.41, 5.74) is 1.98. The van der Waals surface area contributed by atoms with E-state index >= 15 is 0 Å². The third-order valence-corrected chi connectivity index (χ3v) is 3.86. The summed E-state index contributed by atoms with van der Waals surface area (Å²) in [6.45, 7) is 2.50. The first-order valence-corrected chi connectivity index (χ1v) is 6.93. The van der Waals surface area contributed by atoms with Crippen LogP contribution in [0.15, 0.2) is 35.1 Å². The van der Waals surface area contributed by atoms with Crippen molar-refractivity contribution in [3.8, 4) is 0 Å². The number of benzene rings is 1. The quantitative estimate of drug-likeness (QED) is 0.940. The molecule has 0 aliphatic carbocycles. The van der Waals surface area contributed by atoms with Crippen LogP contribution in [-0.4, -0.2) is 21.7 Å². The SMILES string of the molecule is C[C@@H](O)c1ccc(N(C)Cc2nccn2C)cc1Br. The summed E-state index contributed by atoms with van der Waals surface area (Å²) < 4.78 is 2.93. The molecule has 4 nitrogen and oxygen atoms in total. The standard InChI is InChI=1S/C14H18BrN3O/c1-10(19)12-5-4-11(8-13(12)15)18(3)9-14-16-6-7-17(14)2/h4-8,10,19H,9H2,1-3H3/t10-/m1/s1. The van der Waals surface area contributed by atoms with E-state index in [-0.39, 0.29) is 0 Å². The van der Waals surface area contributed by atoms with Crippen LogP contribution in [0.5, 0.6) is 0 Å². The average molecular weight is 324 g/mol. The molecule has 2 aromatic rings. The summed E-state index contributed by atoms with van der Waals surface area (Å²) in [7, 11) is 4.02. The second-order valence-corrected chi connectivity index (χ2v) is 5.55. The second kappa shape index (κ2) is 5.75. The Balaban J connectivity index is 2.18. The maximum absolute atomic E-state index is 9.62. The molecule has 1 aromatic carbocycles. The van der Waals surface area contributed by atoms with Crippen molar-refractivity contribution >= 4 is 21.6 Å². The molecule has 102 valence electrons. The largest absolute Gasteiger partial charge is 0.389 e. The summed E-state index contributed by atoms with van der Waals surface area (Å²) in [5.74, 6) is 1.01. The topological polar surface area (TPSA) is 41.3 Å². The van der Waals surface area contributed by atoms with Crippen LogP contribution in [-0.2, 0) is 13.6 Å². The van der Waals surface area contributed by atoms with Gasteiger partial charge < -0.3 is 14.6 Å². The Bertz CT molecular complexity index is 566. The molecule has 0 aliphatic rings. The van der Waals surface area contributed by atoms with E-state index in [1.54, 1.807) is 13.1 Å². The van der Waals surface area contributed by atoms with Gasteiger partial charge in [-0.2, -0.15) is 0 Å². The number of halogens is 1. The lowest BCUT2D eigenvalue weighted by Crippen LogP contribution is -2.19. The number of rotatable bonds is 4. The number of hydrogen-bond acceptors (Lipinski definition) is 3. The molecule has 5 heteroatoms. The van der Waals surface area contributed by atoms with Gasteiger partial charge >= 0.3 is 0 Å². The summed E-state index contributed by atoms with van der Waals surface area (Å²) in [6.07, 6.45) is 3.27. The molecule has 19 heavy (non-hydrogen) atoms. The predicted molar refractivity (Wildman–Crippen MR) is 80.1 cm³/mol. The number of hydrogen-bond donors (Lipinski definition) is 1. The number of anilines is 1. The molecule has 0 fully saturated rings. The zero-order valence-corrected chi connectivity index (χ0v) is 12.9. The van der Waals surface area contributed by atoms with E-state index in [2.05, 4.69) is 25.8 Å². The van der Waals surface area contributed by atoms with Crippen molar-refractivity contribution in [1.82, 2.24) is 9.55 Å². The first-order valence-electron chi connectivity index (χ1n) is 6.14. The Kier molecular flexibility index (Phi) is 4.27. The molecule has 1 heterocycles. The van der Waals surface area contributed by atoms with Crippen molar-refractivity contribution in [3.63, 3.8) is 0 Å². The van der Waals surface area contributed by atoms with Gasteiger partial charge in [0.25, 0.3) is 0 Å². The van der Waals surface area contributed by atoms with Gasteiger partial charge in [-0.25, -0.2) is 4.98 Å². The lowest BCUT2D eigenvalue weighted by Gasteiger charge is -2.20. The number of aryl methyl sites for hydroxylation is 1. The molecular formula is C14H18BrN3O. The zero-order chi connectivity index (χ0) is 14.0. The lowest BCUT2D eigenvalue weighted by molar-refractivity contribution is 0.198. The molecular weight excluding hydrogens is 306 g/mol. The van der Waals surface area contributed by atoms with Crippen LogP contribution in [0.25, 0.3) is 0 Å². The van der Waals surface area contributed by atoms with Crippen LogP contribution in [0, 0.1) is 0 Å². The number of aromatic nitrogens is 2. The monoisotopic (exact) mass is 323 g/mol. The third-order valence-electron chi connectivity index (χ3n) is 3.17. The van der Waals surface area contributed by atoms with Crippen molar-refractivity contribution in [3.05, 3.63) is 46.5 Å². The summed E-state index contributed by atoms with van der Waals surface area (Å²) >= 11 is 3.50. The maximum atomic E-state index is 9.62. The van der Waals surface area contributed by atoms with E-state index in [1.807, 2.05) is 43.1 Å². The zero-order valence-electron chi connectivity index (χ0n) is 11.3. The Labute approximate surface area is 121 Å². The van der Waals surface area contributed by atoms with Crippen molar-refractivity contribution in [2.75, 3.05) is 11.9 Å². The number of nitrogens with zero attached hydrogens (tertiary/aromatic N) is 3. The van der Waals surface area contributed by atoms with Gasteiger partial charge in [-0.15, -0.1) is 0 Å². The smallest absolute Gasteiger partial charge is 0.127 e. The fraction of sp³-hybridized carbons (Fsp3) is 0.357. The number of aliphatic hydroxyl groups excluding tert-OH is 1. The van der Waals surface area contributed by atoms with Gasteiger partial charge in [0, 0.05) is 36.6 Å². The molecule has 0 saturated heterocycles. The Morgan fingerprint density at radius 3 is 2.74 bits per heavy atom. The van der Waals surface area contributed by atoms with Crippen LogP contribution >= 0.6 is 15.9 Å². The minimum Gasteiger partial charge on any atom is -0.389 e. The van der Waals surface area contributed by atoms with Crippen LogP contribution in [0.2, 0.25) is 0 Å². The van der Waals surface area contributed by atoms with Crippen LogP contribution in [0.1, 0.15) is 24.4 Å². The first kappa shape index (κ1) is 14.1. The molecule has 0 bridgehead atoms. The van der Waals surface area contributed by atoms with Gasteiger partial charge in [-0.1, -0.05) is 22.0 Å². The Morgan fingerprint density at radius 2 is 2.21 bits per heavy atom. The van der Waals surface area contributed by atoms with Crippen molar-refractivity contribution in [2.24, 2.45) is 7.05 Å². The molecule has 2 rings (SSSR count). The molecule has 0 unspecified atom stereocenters. The molecule has 0 aliphatic heterocycles. The highest BCUT2D eigenvalue weighted by Crippen LogP contribution is 2.28. The van der Waals surface area contributed by atoms with Gasteiger partial charge in [-0.3, -0.25) is 0 Å². The van der Waals surface area contributed by atoms with Gasteiger partial charge in [0.05, 0.1) is 12.6 Å². The van der Waals surface area contributed by atoms with Crippen molar-refractivity contribution in [1.29, 1.82) is 0 Å². The van der Waals surface area contributed by atoms with Gasteiger partial charge in [0.1, 0.15) is 5.82 Å². The van der Waals surface area contributed by atoms with Crippen LogP contribution in [0.3, 0.4) is 0 Å². The van der Waals surface area contributed by atoms with Gasteiger partial charge in [0.15, 0.2) is 0 Å². The van der Waals surface area contributed by atoms with E-state index in [1.165, 1.54) is 0 Å². The molecule has 0 amide bonds. The summed E-state index contributed by atoms with van der Waals surface area (Å²) in [6, 6.07) is 5.97. The first-order chi connectivity index (χ1) is 8.99. The molecule has 1 N–H and O–H groups in total. The highest BCUT2D eigenvalue weighted by Gasteiger charge is 2.10. The highest BCUT2D eigenvalue weighted by molar-refractivity contribution is 9.10. The maximum Gasteiger partial charge on any atom is 0.127 e. The molecule has 1 aromatic heterocycles. The minimum atomic E-state index is -0.469. The predicted octanol–water partition coefficient (Wildman–Crippen LogP) is 2.87. The molecule has 1 atom stereocenters. The summed E-state index contributed by atoms with van der Waals surface area (Å²) in [5, 5.41) is 9.62. The molecule has 0 spiro atoms. The van der Waals surface area contributed by atoms with Crippen molar-refractivity contribution < 1.29 is 5.11 Å². The molecule has 0 radical (unpaired) electrons. The van der Waals surface area contributed by atoms with Crippen LogP contribution in [0.4, 0.5) is 5.69 Å². The van der Waals surface area contributed by atoms with E-state index in [0.717, 1.165) is 28.1 Å². The Morgan fingerprint density at radius 1 is 1.47 bits per heavy atom. The van der Waals surface area contributed by atoms with Crippen molar-refractivity contribution in [2.45, 2.75) is 19.6 Å². The third kappa shape index (κ3) is 3.16. The highest BCUT2D eigenvalue weighted by atomic mass is 79.9. The number of imidazole rings is 1. The minimum absolute atomic E-state index is 0.469. The van der Waals surface area contributed by atoms with E-state index < -0.39 is 6.10 Å². The number of aliphatic hydroxyl groups is 1. The van der Waals surface area contributed by atoms with Gasteiger partial charge in [0.2, 0.25) is 0 Å². The van der Waals surface area contributed by atoms with E-state index in [9.17, 15) is 5.11 Å².